The highest BCUT2D eigenvalue weighted by atomic mass is 32.2. The molecule has 2 aromatic rings. The zero-order chi connectivity index (χ0) is 18.4. The van der Waals surface area contributed by atoms with Gasteiger partial charge in [-0.05, 0) is 32.3 Å². The topological polar surface area (TPSA) is 59.8 Å². The predicted octanol–water partition coefficient (Wildman–Crippen LogP) is 3.95. The molecule has 1 aliphatic rings. The fraction of sp³-hybridized carbons (Fsp3) is 0.550. The quantitative estimate of drug-likeness (QED) is 0.616. The number of hydrogen-bond acceptors (Lipinski definition) is 4. The number of aromatic nitrogens is 3. The largest absolute Gasteiger partial charge is 0.352 e. The number of benzene rings is 1. The lowest BCUT2D eigenvalue weighted by Crippen LogP contribution is -2.39. The van der Waals surface area contributed by atoms with Crippen molar-refractivity contribution in [2.75, 3.05) is 0 Å². The molecule has 3 rings (SSSR count). The molecule has 5 nitrogen and oxygen atoms in total. The van der Waals surface area contributed by atoms with Crippen molar-refractivity contribution in [3.8, 4) is 0 Å². The average Bonchev–Trinajstić information content (AvgIpc) is 2.85. The van der Waals surface area contributed by atoms with Crippen molar-refractivity contribution in [3.63, 3.8) is 0 Å². The minimum Gasteiger partial charge on any atom is -0.352 e. The van der Waals surface area contributed by atoms with Gasteiger partial charge >= 0.3 is 0 Å². The Morgan fingerprint density at radius 2 is 1.88 bits per heavy atom. The standard InChI is InChI=1S/C20H28N4OS/c1-15(19(25)21-18-12-8-3-4-9-13-18)26-20-23-22-16(2)24(20)14-17-10-6-5-7-11-17/h5-7,10-11,15,18H,3-4,8-9,12-14H2,1-2H3,(H,21,25). The van der Waals surface area contributed by atoms with Crippen molar-refractivity contribution in [1.29, 1.82) is 0 Å². The molecular formula is C20H28N4OS. The molecule has 0 bridgehead atoms. The molecule has 0 saturated heterocycles. The maximum Gasteiger partial charge on any atom is 0.233 e. The fourth-order valence-electron chi connectivity index (χ4n) is 3.35. The highest BCUT2D eigenvalue weighted by Crippen LogP contribution is 2.24. The third-order valence-electron chi connectivity index (χ3n) is 4.94. The Morgan fingerprint density at radius 3 is 2.58 bits per heavy atom. The lowest BCUT2D eigenvalue weighted by atomic mass is 10.1. The van der Waals surface area contributed by atoms with Gasteiger partial charge in [-0.15, -0.1) is 10.2 Å². The summed E-state index contributed by atoms with van der Waals surface area (Å²) in [6.45, 7) is 4.63. The SMILES string of the molecule is Cc1nnc(SC(C)C(=O)NC2CCCCCC2)n1Cc1ccccc1. The fourth-order valence-corrected chi connectivity index (χ4v) is 4.25. The molecule has 1 aromatic carbocycles. The lowest BCUT2D eigenvalue weighted by Gasteiger charge is -2.19. The molecule has 1 atom stereocenters. The van der Waals surface area contributed by atoms with Gasteiger partial charge in [-0.25, -0.2) is 0 Å². The van der Waals surface area contributed by atoms with Crippen LogP contribution >= 0.6 is 11.8 Å². The van der Waals surface area contributed by atoms with Crippen molar-refractivity contribution in [2.24, 2.45) is 0 Å². The number of thioether (sulfide) groups is 1. The van der Waals surface area contributed by atoms with Gasteiger partial charge in [-0.1, -0.05) is 67.8 Å². The summed E-state index contributed by atoms with van der Waals surface area (Å²) in [6.07, 6.45) is 7.23. The van der Waals surface area contributed by atoms with Gasteiger partial charge in [0.25, 0.3) is 0 Å². The van der Waals surface area contributed by atoms with Crippen molar-refractivity contribution in [2.45, 2.75) is 75.4 Å². The number of aryl methyl sites for hydroxylation is 1. The molecule has 1 aromatic heterocycles. The van der Waals surface area contributed by atoms with E-state index in [0.29, 0.717) is 6.04 Å². The van der Waals surface area contributed by atoms with E-state index in [9.17, 15) is 4.79 Å². The molecule has 140 valence electrons. The second-order valence-corrected chi connectivity index (χ2v) is 8.37. The molecule has 1 aliphatic carbocycles. The van der Waals surface area contributed by atoms with Gasteiger partial charge in [0, 0.05) is 6.04 Å². The van der Waals surface area contributed by atoms with E-state index in [2.05, 4.69) is 32.2 Å². The van der Waals surface area contributed by atoms with E-state index >= 15 is 0 Å². The van der Waals surface area contributed by atoms with E-state index in [4.69, 9.17) is 0 Å². The van der Waals surface area contributed by atoms with E-state index in [1.54, 1.807) is 0 Å². The van der Waals surface area contributed by atoms with Crippen LogP contribution in [0.3, 0.4) is 0 Å². The Balaban J connectivity index is 1.61. The van der Waals surface area contributed by atoms with Gasteiger partial charge in [-0.3, -0.25) is 4.79 Å². The Kier molecular flexibility index (Phi) is 6.72. The number of nitrogens with one attached hydrogen (secondary N) is 1. The maximum absolute atomic E-state index is 12.6. The van der Waals surface area contributed by atoms with Crippen LogP contribution in [0.2, 0.25) is 0 Å². The molecular weight excluding hydrogens is 344 g/mol. The minimum atomic E-state index is -0.184. The third-order valence-corrected chi connectivity index (χ3v) is 6.02. The van der Waals surface area contributed by atoms with Crippen LogP contribution in [-0.4, -0.2) is 32.0 Å². The first-order valence-corrected chi connectivity index (χ1v) is 10.4. The number of hydrogen-bond donors (Lipinski definition) is 1. The molecule has 0 radical (unpaired) electrons. The molecule has 1 N–H and O–H groups in total. The normalized spacial score (nSPS) is 16.8. The van der Waals surface area contributed by atoms with E-state index < -0.39 is 0 Å². The molecule has 26 heavy (non-hydrogen) atoms. The second-order valence-electron chi connectivity index (χ2n) is 7.06. The highest BCUT2D eigenvalue weighted by Gasteiger charge is 2.22. The van der Waals surface area contributed by atoms with Crippen molar-refractivity contribution < 1.29 is 4.79 Å². The van der Waals surface area contributed by atoms with E-state index in [1.165, 1.54) is 43.0 Å². The Hall–Kier alpha value is -1.82. The van der Waals surface area contributed by atoms with Crippen LogP contribution in [-0.2, 0) is 11.3 Å². The summed E-state index contributed by atoms with van der Waals surface area (Å²) in [5.41, 5.74) is 1.20. The van der Waals surface area contributed by atoms with Crippen molar-refractivity contribution in [3.05, 3.63) is 41.7 Å². The number of carbonyl (C=O) groups excluding carboxylic acids is 1. The van der Waals surface area contributed by atoms with E-state index in [1.807, 2.05) is 32.0 Å². The monoisotopic (exact) mass is 372 g/mol. The van der Waals surface area contributed by atoms with Crippen LogP contribution in [0.1, 0.15) is 56.8 Å². The zero-order valence-corrected chi connectivity index (χ0v) is 16.5. The number of nitrogens with zero attached hydrogens (tertiary/aromatic N) is 3. The highest BCUT2D eigenvalue weighted by molar-refractivity contribution is 8.00. The summed E-state index contributed by atoms with van der Waals surface area (Å²) in [6, 6.07) is 10.6. The maximum atomic E-state index is 12.6. The Morgan fingerprint density at radius 1 is 1.19 bits per heavy atom. The molecule has 0 spiro atoms. The molecule has 0 aliphatic heterocycles. The Bertz CT molecular complexity index is 708. The Labute approximate surface area is 160 Å². The van der Waals surface area contributed by atoms with Crippen LogP contribution in [0.5, 0.6) is 0 Å². The van der Waals surface area contributed by atoms with E-state index in [-0.39, 0.29) is 11.2 Å². The second kappa shape index (κ2) is 9.21. The van der Waals surface area contributed by atoms with Gasteiger partial charge in [-0.2, -0.15) is 0 Å². The predicted molar refractivity (Wildman–Crippen MR) is 105 cm³/mol. The molecule has 1 unspecified atom stereocenters. The van der Waals surface area contributed by atoms with Gasteiger partial charge in [0.15, 0.2) is 5.16 Å². The van der Waals surface area contributed by atoms with Crippen molar-refractivity contribution in [1.82, 2.24) is 20.1 Å². The minimum absolute atomic E-state index is 0.105. The molecule has 1 fully saturated rings. The van der Waals surface area contributed by atoms with Gasteiger partial charge in [0.05, 0.1) is 11.8 Å². The first-order valence-electron chi connectivity index (χ1n) is 9.54. The summed E-state index contributed by atoms with van der Waals surface area (Å²) in [5.74, 6) is 0.974. The molecule has 1 amide bonds. The molecule has 6 heteroatoms. The van der Waals surface area contributed by atoms with Crippen LogP contribution in [0.25, 0.3) is 0 Å². The van der Waals surface area contributed by atoms with Gasteiger partial charge < -0.3 is 9.88 Å². The molecule has 1 heterocycles. The smallest absolute Gasteiger partial charge is 0.233 e. The number of rotatable bonds is 6. The molecule has 1 saturated carbocycles. The summed E-state index contributed by atoms with van der Waals surface area (Å²) in [4.78, 5) is 12.6. The zero-order valence-electron chi connectivity index (χ0n) is 15.6. The summed E-state index contributed by atoms with van der Waals surface area (Å²) in [5, 5.41) is 12.4. The van der Waals surface area contributed by atoms with Crippen molar-refractivity contribution >= 4 is 17.7 Å². The third kappa shape index (κ3) is 5.10. The lowest BCUT2D eigenvalue weighted by molar-refractivity contribution is -0.121. The number of carbonyl (C=O) groups is 1. The first-order chi connectivity index (χ1) is 12.6. The van der Waals surface area contributed by atoms with Gasteiger partial charge in [0.1, 0.15) is 5.82 Å². The summed E-state index contributed by atoms with van der Waals surface area (Å²) in [7, 11) is 0. The number of amides is 1. The van der Waals surface area contributed by atoms with Crippen LogP contribution in [0, 0.1) is 6.92 Å². The average molecular weight is 373 g/mol. The van der Waals surface area contributed by atoms with Gasteiger partial charge in [0.2, 0.25) is 5.91 Å². The summed E-state index contributed by atoms with van der Waals surface area (Å²) >= 11 is 1.49. The van der Waals surface area contributed by atoms with E-state index in [0.717, 1.165) is 30.4 Å². The van der Waals surface area contributed by atoms with Crippen LogP contribution in [0.4, 0.5) is 0 Å². The summed E-state index contributed by atoms with van der Waals surface area (Å²) < 4.78 is 2.08. The van der Waals surface area contributed by atoms with Crippen LogP contribution < -0.4 is 5.32 Å². The first kappa shape index (κ1) is 19.0. The van der Waals surface area contributed by atoms with Crippen LogP contribution in [0.15, 0.2) is 35.5 Å².